The molecule has 1 aliphatic rings. The molecule has 0 aromatic rings. The van der Waals surface area contributed by atoms with Gasteiger partial charge in [0.1, 0.15) is 0 Å². The molecule has 0 spiro atoms. The first-order valence-corrected chi connectivity index (χ1v) is 10.3. The Balaban J connectivity index is 2.61. The van der Waals surface area contributed by atoms with Gasteiger partial charge in [0.2, 0.25) is 0 Å². The molecule has 5 nitrogen and oxygen atoms in total. The second-order valence-electron chi connectivity index (χ2n) is 8.51. The van der Waals surface area contributed by atoms with Crippen LogP contribution in [0.1, 0.15) is 72.1 Å². The Bertz CT molecular complexity index is 497. The van der Waals surface area contributed by atoms with E-state index < -0.39 is 24.3 Å². The molecule has 1 aliphatic carbocycles. The van der Waals surface area contributed by atoms with Crippen molar-refractivity contribution in [1.29, 1.82) is 0 Å². The smallest absolute Gasteiger partial charge is 0.303 e. The molecule has 0 saturated heterocycles. The van der Waals surface area contributed by atoms with Crippen molar-refractivity contribution in [3.8, 4) is 0 Å². The predicted molar refractivity (Wildman–Crippen MR) is 107 cm³/mol. The van der Waals surface area contributed by atoms with Crippen molar-refractivity contribution in [3.63, 3.8) is 0 Å². The van der Waals surface area contributed by atoms with Gasteiger partial charge in [-0.25, -0.2) is 0 Å². The van der Waals surface area contributed by atoms with Gasteiger partial charge in [-0.05, 0) is 37.0 Å². The predicted octanol–water partition coefficient (Wildman–Crippen LogP) is 3.68. The van der Waals surface area contributed by atoms with Crippen LogP contribution in [0.2, 0.25) is 0 Å². The molecule has 1 saturated carbocycles. The summed E-state index contributed by atoms with van der Waals surface area (Å²) in [4.78, 5) is 10.5. The third-order valence-electron chi connectivity index (χ3n) is 5.77. The lowest BCUT2D eigenvalue weighted by Gasteiger charge is -2.29. The summed E-state index contributed by atoms with van der Waals surface area (Å²) in [5.41, 5.74) is -0.211. The average Bonchev–Trinajstić information content (AvgIpc) is 2.86. The van der Waals surface area contributed by atoms with E-state index in [1.165, 1.54) is 0 Å². The van der Waals surface area contributed by atoms with Crippen molar-refractivity contribution >= 4 is 5.97 Å². The van der Waals surface area contributed by atoms with Crippen molar-refractivity contribution in [2.24, 2.45) is 17.3 Å². The number of carboxylic acids is 1. The van der Waals surface area contributed by atoms with Crippen LogP contribution >= 0.6 is 0 Å². The van der Waals surface area contributed by atoms with Crippen LogP contribution in [-0.2, 0) is 4.79 Å². The lowest BCUT2D eigenvalue weighted by atomic mass is 9.80. The van der Waals surface area contributed by atoms with E-state index in [1.54, 1.807) is 6.08 Å². The lowest BCUT2D eigenvalue weighted by Crippen LogP contribution is -2.28. The van der Waals surface area contributed by atoms with Gasteiger partial charge < -0.3 is 20.4 Å². The first-order valence-electron chi connectivity index (χ1n) is 10.3. The number of aliphatic hydroxyl groups excluding tert-OH is 3. The molecule has 1 rings (SSSR count). The monoisotopic (exact) mass is 382 g/mol. The van der Waals surface area contributed by atoms with Gasteiger partial charge in [0, 0.05) is 18.8 Å². The largest absolute Gasteiger partial charge is 0.481 e. The van der Waals surface area contributed by atoms with Gasteiger partial charge in [0.05, 0.1) is 18.3 Å². The first kappa shape index (κ1) is 23.9. The van der Waals surface area contributed by atoms with Crippen LogP contribution in [0.4, 0.5) is 0 Å². The van der Waals surface area contributed by atoms with E-state index in [-0.39, 0.29) is 23.7 Å². The van der Waals surface area contributed by atoms with Crippen LogP contribution in [0.3, 0.4) is 0 Å². The summed E-state index contributed by atoms with van der Waals surface area (Å²) in [5.74, 6) is -1.02. The maximum atomic E-state index is 10.5. The molecule has 5 atom stereocenters. The Morgan fingerprint density at radius 2 is 1.85 bits per heavy atom. The summed E-state index contributed by atoms with van der Waals surface area (Å²) < 4.78 is 0. The Kier molecular flexibility index (Phi) is 10.3. The van der Waals surface area contributed by atoms with Crippen LogP contribution in [0.25, 0.3) is 0 Å². The molecule has 1 fully saturated rings. The highest BCUT2D eigenvalue weighted by Gasteiger charge is 2.39. The molecule has 4 N–H and O–H groups in total. The zero-order valence-electron chi connectivity index (χ0n) is 17.1. The van der Waals surface area contributed by atoms with Crippen molar-refractivity contribution < 1.29 is 25.2 Å². The molecule has 0 bridgehead atoms. The zero-order valence-corrected chi connectivity index (χ0v) is 17.1. The third-order valence-corrected chi connectivity index (χ3v) is 5.77. The van der Waals surface area contributed by atoms with Crippen LogP contribution in [0.5, 0.6) is 0 Å². The van der Waals surface area contributed by atoms with Gasteiger partial charge in [-0.15, -0.1) is 0 Å². The fraction of sp³-hybridized carbons (Fsp3) is 0.773. The zero-order chi connectivity index (χ0) is 20.4. The number of rotatable bonds is 12. The van der Waals surface area contributed by atoms with Gasteiger partial charge in [-0.3, -0.25) is 4.79 Å². The summed E-state index contributed by atoms with van der Waals surface area (Å²) in [7, 11) is 0. The second-order valence-corrected chi connectivity index (χ2v) is 8.51. The van der Waals surface area contributed by atoms with Crippen molar-refractivity contribution in [1.82, 2.24) is 0 Å². The molecule has 5 heteroatoms. The SMILES string of the molecule is CCCCC(C)(C)[C@H](O)/C=C/[C@@H]1[C@@H](CC/C=C\CCC(=O)O)[C@@H](O)C[C@H]1O. The number of hydrogen-bond acceptors (Lipinski definition) is 4. The number of aliphatic carboxylic acids is 1. The Morgan fingerprint density at radius 3 is 2.48 bits per heavy atom. The average molecular weight is 383 g/mol. The summed E-state index contributed by atoms with van der Waals surface area (Å²) in [6.45, 7) is 6.24. The topological polar surface area (TPSA) is 98.0 Å². The number of unbranched alkanes of at least 4 members (excludes halogenated alkanes) is 1. The molecule has 0 aliphatic heterocycles. The second kappa shape index (κ2) is 11.6. The normalized spacial score (nSPS) is 27.6. The first-order chi connectivity index (χ1) is 12.7. The van der Waals surface area contributed by atoms with E-state index in [0.29, 0.717) is 12.8 Å². The molecule has 0 heterocycles. The Morgan fingerprint density at radius 1 is 1.19 bits per heavy atom. The van der Waals surface area contributed by atoms with E-state index in [0.717, 1.165) is 32.1 Å². The van der Waals surface area contributed by atoms with Gasteiger partial charge >= 0.3 is 5.97 Å². The lowest BCUT2D eigenvalue weighted by molar-refractivity contribution is -0.136. The highest BCUT2D eigenvalue weighted by atomic mass is 16.4. The molecule has 0 radical (unpaired) electrons. The number of carbonyl (C=O) groups is 1. The fourth-order valence-electron chi connectivity index (χ4n) is 3.78. The summed E-state index contributed by atoms with van der Waals surface area (Å²) in [6.07, 6.45) is 11.3. The van der Waals surface area contributed by atoms with Gasteiger partial charge in [-0.2, -0.15) is 0 Å². The highest BCUT2D eigenvalue weighted by molar-refractivity contribution is 5.66. The maximum absolute atomic E-state index is 10.5. The molecular formula is C22H38O5. The van der Waals surface area contributed by atoms with Crippen LogP contribution in [0.15, 0.2) is 24.3 Å². The standard InChI is InChI=1S/C22H38O5/c1-4-5-14-22(2,3)20(25)13-12-17-16(18(23)15-19(17)24)10-8-6-7-9-11-21(26)27/h6-7,12-13,16-20,23-25H,4-5,8-11,14-15H2,1-3H3,(H,26,27)/b7-6-,13-12+/t16-,17-,18+,19-,20-/m1/s1. The van der Waals surface area contributed by atoms with Crippen LogP contribution in [-0.4, -0.2) is 44.7 Å². The number of hydrogen-bond donors (Lipinski definition) is 4. The summed E-state index contributed by atoms with van der Waals surface area (Å²) in [5, 5.41) is 39.8. The molecule has 0 aromatic heterocycles. The third kappa shape index (κ3) is 8.16. The van der Waals surface area contributed by atoms with Crippen molar-refractivity contribution in [3.05, 3.63) is 24.3 Å². The molecular weight excluding hydrogens is 344 g/mol. The molecule has 0 aromatic carbocycles. The van der Waals surface area contributed by atoms with E-state index in [4.69, 9.17) is 5.11 Å². The Hall–Kier alpha value is -1.17. The van der Waals surface area contributed by atoms with Crippen molar-refractivity contribution in [2.75, 3.05) is 0 Å². The van der Waals surface area contributed by atoms with Gasteiger partial charge in [0.25, 0.3) is 0 Å². The number of carboxylic acid groups (broad SMARTS) is 1. The Labute approximate surface area is 163 Å². The molecule has 0 amide bonds. The van der Waals surface area contributed by atoms with E-state index in [9.17, 15) is 20.1 Å². The maximum Gasteiger partial charge on any atom is 0.303 e. The fourth-order valence-corrected chi connectivity index (χ4v) is 3.78. The molecule has 0 unspecified atom stereocenters. The van der Waals surface area contributed by atoms with E-state index in [2.05, 4.69) is 20.8 Å². The van der Waals surface area contributed by atoms with Gasteiger partial charge in [0.15, 0.2) is 0 Å². The van der Waals surface area contributed by atoms with Crippen LogP contribution < -0.4 is 0 Å². The van der Waals surface area contributed by atoms with Gasteiger partial charge in [-0.1, -0.05) is 57.9 Å². The highest BCUT2D eigenvalue weighted by Crippen LogP contribution is 2.37. The molecule has 27 heavy (non-hydrogen) atoms. The summed E-state index contributed by atoms with van der Waals surface area (Å²) in [6, 6.07) is 0. The summed E-state index contributed by atoms with van der Waals surface area (Å²) >= 11 is 0. The van der Waals surface area contributed by atoms with E-state index >= 15 is 0 Å². The minimum atomic E-state index is -0.806. The van der Waals surface area contributed by atoms with E-state index in [1.807, 2.05) is 18.2 Å². The minimum Gasteiger partial charge on any atom is -0.481 e. The minimum absolute atomic E-state index is 0.0497. The molecule has 156 valence electrons. The quantitative estimate of drug-likeness (QED) is 0.386. The van der Waals surface area contributed by atoms with Crippen LogP contribution in [0, 0.1) is 17.3 Å². The van der Waals surface area contributed by atoms with Crippen molar-refractivity contribution in [2.45, 2.75) is 90.4 Å². The number of aliphatic hydroxyl groups is 3. The number of allylic oxidation sites excluding steroid dienone is 2.